The average Bonchev–Trinajstić information content (AvgIpc) is 3.76. The predicted octanol–water partition coefficient (Wildman–Crippen LogP) is 2.20. The number of nitrogens with two attached hydrogens (primary N) is 1. The molecule has 0 aliphatic carbocycles. The Labute approximate surface area is 250 Å². The molecule has 0 spiro atoms. The van der Waals surface area contributed by atoms with Crippen molar-refractivity contribution in [2.24, 2.45) is 5.73 Å². The lowest BCUT2D eigenvalue weighted by atomic mass is 9.98. The number of carbonyl (C=O) groups is 2. The molecular weight excluding hydrogens is 566 g/mol. The monoisotopic (exact) mass is 595 g/mol. The zero-order valence-corrected chi connectivity index (χ0v) is 23.8. The number of hydrogen-bond donors (Lipinski definition) is 4. The summed E-state index contributed by atoms with van der Waals surface area (Å²) in [6, 6.07) is 12.2. The molecule has 0 fully saturated rings. The average molecular weight is 596 g/mol. The van der Waals surface area contributed by atoms with Gasteiger partial charge in [-0.05, 0) is 35.7 Å². The number of hydrogen-bond acceptors (Lipinski definition) is 9. The van der Waals surface area contributed by atoms with Gasteiger partial charge in [-0.2, -0.15) is 0 Å². The first kappa shape index (κ1) is 27.8. The molecule has 224 valence electrons. The third-order valence-electron chi connectivity index (χ3n) is 8.32. The summed E-state index contributed by atoms with van der Waals surface area (Å²) < 4.78 is 18.0. The lowest BCUT2D eigenvalue weighted by molar-refractivity contribution is -0.122. The van der Waals surface area contributed by atoms with Gasteiger partial charge in [0.1, 0.15) is 6.10 Å². The van der Waals surface area contributed by atoms with E-state index in [0.717, 1.165) is 33.0 Å². The van der Waals surface area contributed by atoms with E-state index >= 15 is 0 Å². The van der Waals surface area contributed by atoms with Crippen LogP contribution in [0.2, 0.25) is 0 Å². The van der Waals surface area contributed by atoms with Crippen molar-refractivity contribution in [1.29, 1.82) is 0 Å². The number of rotatable bonds is 9. The van der Waals surface area contributed by atoms with Crippen molar-refractivity contribution < 1.29 is 28.9 Å². The van der Waals surface area contributed by atoms with Gasteiger partial charge in [-0.25, -0.2) is 4.98 Å². The molecule has 12 heteroatoms. The Hall–Kier alpha value is -5.04. The molecule has 44 heavy (non-hydrogen) atoms. The van der Waals surface area contributed by atoms with E-state index in [0.29, 0.717) is 41.1 Å². The number of nitrogens with one attached hydrogen (secondary N) is 2. The summed E-state index contributed by atoms with van der Waals surface area (Å²) in [6.07, 6.45) is 1.08. The lowest BCUT2D eigenvalue weighted by Crippen LogP contribution is -2.41. The van der Waals surface area contributed by atoms with Gasteiger partial charge >= 0.3 is 0 Å². The van der Waals surface area contributed by atoms with Crippen LogP contribution in [-0.4, -0.2) is 51.8 Å². The summed E-state index contributed by atoms with van der Waals surface area (Å²) in [6.45, 7) is 0.276. The van der Waals surface area contributed by atoms with Gasteiger partial charge in [0.2, 0.25) is 12.7 Å². The fourth-order valence-electron chi connectivity index (χ4n) is 6.13. The third kappa shape index (κ3) is 4.51. The van der Waals surface area contributed by atoms with Crippen LogP contribution in [0.15, 0.2) is 53.5 Å². The zero-order valence-electron chi connectivity index (χ0n) is 23.8. The van der Waals surface area contributed by atoms with Crippen molar-refractivity contribution in [3.8, 4) is 22.9 Å². The standard InChI is InChI=1S/C32H29N5O7/c1-42-14-22-19(27(39)13-38)7-26-30-21(12-37(26)32(22)41)20(18-8-28-29(44-15-43-28)9-25(18)36-30)11-35-31(40)23(33)6-16-10-34-24-5-3-2-4-17(16)24/h2-5,7-10,13,23,27,34,39H,6,11-12,14-15,33H2,1H3,(H,35,40). The van der Waals surface area contributed by atoms with Gasteiger partial charge in [0.25, 0.3) is 5.56 Å². The van der Waals surface area contributed by atoms with E-state index in [4.69, 9.17) is 24.9 Å². The fourth-order valence-corrected chi connectivity index (χ4v) is 6.13. The number of aliphatic hydroxyl groups is 1. The van der Waals surface area contributed by atoms with E-state index in [-0.39, 0.29) is 43.5 Å². The number of fused-ring (bicyclic) bond motifs is 6. The number of aromatic amines is 1. The summed E-state index contributed by atoms with van der Waals surface area (Å²) in [5.74, 6) is 0.749. The lowest BCUT2D eigenvalue weighted by Gasteiger charge is -2.16. The number of amides is 1. The van der Waals surface area contributed by atoms with Gasteiger partial charge in [0.15, 0.2) is 17.8 Å². The van der Waals surface area contributed by atoms with Crippen molar-refractivity contribution in [1.82, 2.24) is 19.9 Å². The number of methoxy groups -OCH3 is 1. The SMILES string of the molecule is COCc1c(C(O)C=O)cc2n(c1=O)Cc1c-2nc2cc3c(cc2c1CNC(=O)C(N)Cc1c[nH]c2ccccc12)OCO3. The van der Waals surface area contributed by atoms with E-state index < -0.39 is 17.7 Å². The molecule has 3 aromatic heterocycles. The number of ether oxygens (including phenoxy) is 3. The summed E-state index contributed by atoms with van der Waals surface area (Å²) in [4.78, 5) is 46.6. The van der Waals surface area contributed by atoms with Gasteiger partial charge in [-0.3, -0.25) is 9.59 Å². The Morgan fingerprint density at radius 2 is 2.00 bits per heavy atom. The molecule has 12 nitrogen and oxygen atoms in total. The summed E-state index contributed by atoms with van der Waals surface area (Å²) >= 11 is 0. The highest BCUT2D eigenvalue weighted by molar-refractivity contribution is 5.92. The highest BCUT2D eigenvalue weighted by Gasteiger charge is 2.31. The minimum Gasteiger partial charge on any atom is -0.454 e. The Kier molecular flexibility index (Phi) is 6.88. The van der Waals surface area contributed by atoms with Crippen LogP contribution in [0.4, 0.5) is 0 Å². The predicted molar refractivity (Wildman–Crippen MR) is 160 cm³/mol. The maximum absolute atomic E-state index is 13.6. The van der Waals surface area contributed by atoms with Gasteiger partial charge in [-0.15, -0.1) is 0 Å². The van der Waals surface area contributed by atoms with Crippen LogP contribution < -0.4 is 26.1 Å². The van der Waals surface area contributed by atoms with Gasteiger partial charge in [0, 0.05) is 58.9 Å². The summed E-state index contributed by atoms with van der Waals surface area (Å²) in [5.41, 5.74) is 11.2. The van der Waals surface area contributed by atoms with Crippen LogP contribution in [-0.2, 0) is 40.4 Å². The zero-order chi connectivity index (χ0) is 30.5. The molecule has 2 aliphatic rings. The fraction of sp³-hybridized carbons (Fsp3) is 0.250. The van der Waals surface area contributed by atoms with Crippen LogP contribution in [0, 0.1) is 0 Å². The Morgan fingerprint density at radius 3 is 2.80 bits per heavy atom. The van der Waals surface area contributed by atoms with Crippen molar-refractivity contribution in [3.63, 3.8) is 0 Å². The highest BCUT2D eigenvalue weighted by atomic mass is 16.7. The molecule has 2 unspecified atom stereocenters. The maximum Gasteiger partial charge on any atom is 0.257 e. The van der Waals surface area contributed by atoms with E-state index in [9.17, 15) is 19.5 Å². The highest BCUT2D eigenvalue weighted by Crippen LogP contribution is 2.41. The first-order valence-corrected chi connectivity index (χ1v) is 14.1. The molecule has 5 N–H and O–H groups in total. The summed E-state index contributed by atoms with van der Waals surface area (Å²) in [7, 11) is 1.44. The second kappa shape index (κ2) is 10.9. The smallest absolute Gasteiger partial charge is 0.257 e. The van der Waals surface area contributed by atoms with Crippen molar-refractivity contribution in [2.75, 3.05) is 13.9 Å². The summed E-state index contributed by atoms with van der Waals surface area (Å²) in [5, 5.41) is 15.2. The quantitative estimate of drug-likeness (QED) is 0.183. The van der Waals surface area contributed by atoms with E-state index in [1.165, 1.54) is 7.11 Å². The van der Waals surface area contributed by atoms with Gasteiger partial charge in [-0.1, -0.05) is 18.2 Å². The molecule has 5 aromatic rings. The molecule has 2 aromatic carbocycles. The normalized spacial score (nSPS) is 14.4. The van der Waals surface area contributed by atoms with E-state index in [1.54, 1.807) is 16.7 Å². The largest absolute Gasteiger partial charge is 0.454 e. The molecule has 0 radical (unpaired) electrons. The molecular formula is C32H29N5O7. The second-order valence-electron chi connectivity index (χ2n) is 10.9. The van der Waals surface area contributed by atoms with E-state index in [1.807, 2.05) is 36.5 Å². The minimum atomic E-state index is -1.51. The number of aromatic nitrogens is 3. The number of H-pyrrole nitrogens is 1. The van der Waals surface area contributed by atoms with Crippen LogP contribution in [0.25, 0.3) is 33.2 Å². The molecule has 0 saturated carbocycles. The number of aldehydes is 1. The maximum atomic E-state index is 13.6. The second-order valence-corrected chi connectivity index (χ2v) is 10.9. The molecule has 1 amide bonds. The molecule has 2 aliphatic heterocycles. The molecule has 0 saturated heterocycles. The van der Waals surface area contributed by atoms with E-state index in [2.05, 4.69) is 10.3 Å². The number of pyridine rings is 2. The van der Waals surface area contributed by atoms with Crippen LogP contribution in [0.5, 0.6) is 11.5 Å². The third-order valence-corrected chi connectivity index (χ3v) is 8.32. The van der Waals surface area contributed by atoms with Crippen LogP contribution in [0.3, 0.4) is 0 Å². The van der Waals surface area contributed by atoms with Crippen molar-refractivity contribution in [2.45, 2.75) is 38.3 Å². The topological polar surface area (TPSA) is 171 Å². The minimum absolute atomic E-state index is 0.0770. The van der Waals surface area contributed by atoms with Gasteiger partial charge < -0.3 is 44.7 Å². The van der Waals surface area contributed by atoms with Crippen LogP contribution in [0.1, 0.15) is 33.9 Å². The Morgan fingerprint density at radius 1 is 1.20 bits per heavy atom. The van der Waals surface area contributed by atoms with Crippen molar-refractivity contribution >= 4 is 34.0 Å². The number of carbonyl (C=O) groups excluding carboxylic acids is 2. The Balaban J connectivity index is 1.27. The van der Waals surface area contributed by atoms with Crippen molar-refractivity contribution in [3.05, 3.63) is 86.8 Å². The van der Waals surface area contributed by atoms with Gasteiger partial charge in [0.05, 0.1) is 36.1 Å². The first-order chi connectivity index (χ1) is 21.4. The molecule has 2 atom stereocenters. The Bertz CT molecular complexity index is 2030. The number of para-hydroxylation sites is 1. The first-order valence-electron chi connectivity index (χ1n) is 14.1. The molecule has 7 rings (SSSR count). The number of aliphatic hydroxyl groups excluding tert-OH is 1. The molecule has 5 heterocycles. The molecule has 0 bridgehead atoms. The number of nitrogens with zero attached hydrogens (tertiary/aromatic N) is 2. The number of benzene rings is 2. The van der Waals surface area contributed by atoms with Crippen LogP contribution >= 0.6 is 0 Å².